The van der Waals surface area contributed by atoms with Crippen LogP contribution in [0.4, 0.5) is 26.3 Å². The highest BCUT2D eigenvalue weighted by Gasteiger charge is 2.37. The molecule has 2 rings (SSSR count). The van der Waals surface area contributed by atoms with Gasteiger partial charge < -0.3 is 9.52 Å². The van der Waals surface area contributed by atoms with E-state index in [2.05, 4.69) is 4.99 Å². The van der Waals surface area contributed by atoms with Gasteiger partial charge in [-0.25, -0.2) is 4.79 Å². The SMILES string of the molecule is CCC(C=CCC(C)C(=NC)c1cc(C(F)(F)F)cc(C(F)(F)F)c1)C=C(C(=O)O)c1ccoc1. The lowest BCUT2D eigenvalue weighted by Gasteiger charge is -2.18. The molecule has 2 aromatic rings. The molecule has 10 heteroatoms. The van der Waals surface area contributed by atoms with Crippen LogP contribution in [0.15, 0.2) is 64.4 Å². The van der Waals surface area contributed by atoms with Crippen LogP contribution in [0.3, 0.4) is 0 Å². The van der Waals surface area contributed by atoms with E-state index in [0.29, 0.717) is 24.1 Å². The fraction of sp³-hybridized carbons (Fsp3) is 0.360. The molecule has 35 heavy (non-hydrogen) atoms. The van der Waals surface area contributed by atoms with Crippen LogP contribution in [0, 0.1) is 11.8 Å². The molecular formula is C25H25F6NO3. The van der Waals surface area contributed by atoms with Gasteiger partial charge in [-0.05, 0) is 48.6 Å². The highest BCUT2D eigenvalue weighted by molar-refractivity contribution is 6.15. The third kappa shape index (κ3) is 7.60. The summed E-state index contributed by atoms with van der Waals surface area (Å²) in [6, 6.07) is 2.94. The first-order valence-corrected chi connectivity index (χ1v) is 10.7. The van der Waals surface area contributed by atoms with E-state index in [1.807, 2.05) is 6.92 Å². The van der Waals surface area contributed by atoms with Gasteiger partial charge in [-0.3, -0.25) is 4.99 Å². The molecule has 1 aromatic carbocycles. The van der Waals surface area contributed by atoms with E-state index in [1.165, 1.54) is 25.6 Å². The van der Waals surface area contributed by atoms with Crippen LogP contribution in [-0.4, -0.2) is 23.8 Å². The van der Waals surface area contributed by atoms with Gasteiger partial charge in [0.2, 0.25) is 0 Å². The second-order valence-corrected chi connectivity index (χ2v) is 7.94. The van der Waals surface area contributed by atoms with Crippen molar-refractivity contribution in [3.8, 4) is 0 Å². The molecule has 0 bridgehead atoms. The Morgan fingerprint density at radius 2 is 1.69 bits per heavy atom. The molecule has 0 aliphatic rings. The van der Waals surface area contributed by atoms with E-state index in [-0.39, 0.29) is 35.3 Å². The van der Waals surface area contributed by atoms with Gasteiger partial charge in [0.25, 0.3) is 0 Å². The summed E-state index contributed by atoms with van der Waals surface area (Å²) in [5, 5.41) is 9.48. The van der Waals surface area contributed by atoms with Gasteiger partial charge in [0.15, 0.2) is 0 Å². The minimum absolute atomic E-state index is 0.0581. The van der Waals surface area contributed by atoms with Crippen molar-refractivity contribution in [2.24, 2.45) is 16.8 Å². The van der Waals surface area contributed by atoms with E-state index < -0.39 is 35.4 Å². The first kappa shape index (κ1) is 27.9. The average Bonchev–Trinajstić information content (AvgIpc) is 3.29. The first-order valence-electron chi connectivity index (χ1n) is 10.7. The summed E-state index contributed by atoms with van der Waals surface area (Å²) in [7, 11) is 1.31. The highest BCUT2D eigenvalue weighted by atomic mass is 19.4. The van der Waals surface area contributed by atoms with E-state index in [0.717, 1.165) is 0 Å². The van der Waals surface area contributed by atoms with Gasteiger partial charge in [-0.2, -0.15) is 26.3 Å². The Balaban J connectivity index is 2.29. The van der Waals surface area contributed by atoms with E-state index in [4.69, 9.17) is 4.42 Å². The van der Waals surface area contributed by atoms with Crippen LogP contribution in [0.1, 0.15) is 48.9 Å². The molecule has 2 unspecified atom stereocenters. The Morgan fingerprint density at radius 3 is 2.11 bits per heavy atom. The summed E-state index contributed by atoms with van der Waals surface area (Å²) >= 11 is 0. The number of carboxylic acids is 1. The van der Waals surface area contributed by atoms with Crippen molar-refractivity contribution in [1.82, 2.24) is 0 Å². The van der Waals surface area contributed by atoms with Gasteiger partial charge in [-0.15, -0.1) is 0 Å². The Morgan fingerprint density at radius 1 is 1.09 bits per heavy atom. The minimum Gasteiger partial charge on any atom is -0.478 e. The lowest BCUT2D eigenvalue weighted by molar-refractivity contribution is -0.143. The molecular weight excluding hydrogens is 476 g/mol. The molecule has 0 fully saturated rings. The van der Waals surface area contributed by atoms with Crippen molar-refractivity contribution >= 4 is 17.3 Å². The van der Waals surface area contributed by atoms with Gasteiger partial charge in [0.05, 0.1) is 29.2 Å². The number of hydrogen-bond donors (Lipinski definition) is 1. The smallest absolute Gasteiger partial charge is 0.416 e. The molecule has 0 amide bonds. The molecule has 0 saturated heterocycles. The number of aliphatic carboxylic acids is 1. The first-order chi connectivity index (χ1) is 16.3. The van der Waals surface area contributed by atoms with E-state index in [9.17, 15) is 36.2 Å². The maximum Gasteiger partial charge on any atom is 0.416 e. The predicted molar refractivity (Wildman–Crippen MR) is 120 cm³/mol. The number of aliphatic imine (C=N–C) groups is 1. The van der Waals surface area contributed by atoms with Gasteiger partial charge in [-0.1, -0.05) is 32.1 Å². The van der Waals surface area contributed by atoms with Crippen molar-refractivity contribution in [3.05, 3.63) is 77.3 Å². The van der Waals surface area contributed by atoms with Crippen LogP contribution in [0.2, 0.25) is 0 Å². The van der Waals surface area contributed by atoms with Crippen LogP contribution < -0.4 is 0 Å². The van der Waals surface area contributed by atoms with E-state index >= 15 is 0 Å². The molecule has 0 spiro atoms. The zero-order valence-electron chi connectivity index (χ0n) is 19.2. The molecule has 0 radical (unpaired) electrons. The number of carboxylic acid groups (broad SMARTS) is 1. The molecule has 4 nitrogen and oxygen atoms in total. The molecule has 0 aliphatic carbocycles. The summed E-state index contributed by atoms with van der Waals surface area (Å²) in [6.45, 7) is 3.50. The van der Waals surface area contributed by atoms with Crippen molar-refractivity contribution in [2.75, 3.05) is 7.05 Å². The molecule has 1 aromatic heterocycles. The normalized spacial score (nSPS) is 15.5. The topological polar surface area (TPSA) is 62.8 Å². The lowest BCUT2D eigenvalue weighted by atomic mass is 9.91. The van der Waals surface area contributed by atoms with Crippen molar-refractivity contribution < 1.29 is 40.7 Å². The minimum atomic E-state index is -4.95. The third-order valence-electron chi connectivity index (χ3n) is 5.38. The summed E-state index contributed by atoms with van der Waals surface area (Å²) in [5.41, 5.74) is -2.49. The van der Waals surface area contributed by atoms with Crippen LogP contribution >= 0.6 is 0 Å². The number of rotatable bonds is 9. The molecule has 1 N–H and O–H groups in total. The Bertz CT molecular complexity index is 1060. The number of hydrogen-bond acceptors (Lipinski definition) is 3. The second-order valence-electron chi connectivity index (χ2n) is 7.94. The molecule has 1 heterocycles. The Labute approximate surface area is 198 Å². The third-order valence-corrected chi connectivity index (χ3v) is 5.38. The molecule has 190 valence electrons. The number of halogens is 6. The van der Waals surface area contributed by atoms with Gasteiger partial charge in [0, 0.05) is 24.2 Å². The Kier molecular flexibility index (Phi) is 9.12. The van der Waals surface area contributed by atoms with Gasteiger partial charge >= 0.3 is 18.3 Å². The number of alkyl halides is 6. The maximum atomic E-state index is 13.2. The highest BCUT2D eigenvalue weighted by Crippen LogP contribution is 2.37. The number of benzene rings is 1. The van der Waals surface area contributed by atoms with Crippen LogP contribution in [-0.2, 0) is 17.1 Å². The number of nitrogens with zero attached hydrogens (tertiary/aromatic N) is 1. The quantitative estimate of drug-likeness (QED) is 0.167. The summed E-state index contributed by atoms with van der Waals surface area (Å²) in [4.78, 5) is 15.6. The van der Waals surface area contributed by atoms with Crippen molar-refractivity contribution in [1.29, 1.82) is 0 Å². The number of carbonyl (C=O) groups is 1. The zero-order chi connectivity index (χ0) is 26.4. The monoisotopic (exact) mass is 501 g/mol. The zero-order valence-corrected chi connectivity index (χ0v) is 19.2. The summed E-state index contributed by atoms with van der Waals surface area (Å²) in [6.07, 6.45) is -1.37. The fourth-order valence-corrected chi connectivity index (χ4v) is 3.54. The predicted octanol–water partition coefficient (Wildman–Crippen LogP) is 7.51. The number of furan rings is 1. The van der Waals surface area contributed by atoms with Gasteiger partial charge in [0.1, 0.15) is 0 Å². The Hall–Kier alpha value is -3.30. The average molecular weight is 501 g/mol. The van der Waals surface area contributed by atoms with E-state index in [1.54, 1.807) is 25.2 Å². The van der Waals surface area contributed by atoms with Crippen molar-refractivity contribution in [2.45, 2.75) is 39.0 Å². The van der Waals surface area contributed by atoms with Crippen LogP contribution in [0.5, 0.6) is 0 Å². The molecule has 0 saturated carbocycles. The number of allylic oxidation sites excluding steroid dienone is 3. The summed E-state index contributed by atoms with van der Waals surface area (Å²) < 4.78 is 84.3. The summed E-state index contributed by atoms with van der Waals surface area (Å²) in [5.74, 6) is -1.90. The molecule has 0 aliphatic heterocycles. The van der Waals surface area contributed by atoms with Crippen LogP contribution in [0.25, 0.3) is 5.57 Å². The second kappa shape index (κ2) is 11.4. The largest absolute Gasteiger partial charge is 0.478 e. The standard InChI is InChI=1S/C25H25F6NO3/c1-4-16(10-21(23(33)34)17-8-9-35-14-17)7-5-6-15(2)22(32-3)18-11-19(24(26,27)28)13-20(12-18)25(29,30)31/h5,7-16H,4,6H2,1-3H3,(H,33,34). The lowest BCUT2D eigenvalue weighted by Crippen LogP contribution is -2.17. The van der Waals surface area contributed by atoms with Crippen molar-refractivity contribution in [3.63, 3.8) is 0 Å². The maximum absolute atomic E-state index is 13.2. The fourth-order valence-electron chi connectivity index (χ4n) is 3.54. The molecule has 2 atom stereocenters.